The van der Waals surface area contributed by atoms with Crippen molar-refractivity contribution in [3.8, 4) is 0 Å². The lowest BCUT2D eigenvalue weighted by atomic mass is 9.92. The van der Waals surface area contributed by atoms with Gasteiger partial charge < -0.3 is 10.6 Å². The number of nitrogens with zero attached hydrogens (tertiary/aromatic N) is 1. The fourth-order valence-corrected chi connectivity index (χ4v) is 3.11. The Hall–Kier alpha value is -1.79. The molecule has 136 valence electrons. The highest BCUT2D eigenvalue weighted by atomic mass is 35.5. The van der Waals surface area contributed by atoms with Gasteiger partial charge in [0, 0.05) is 6.04 Å². The van der Waals surface area contributed by atoms with Crippen LogP contribution in [0.2, 0.25) is 10.0 Å². The third kappa shape index (κ3) is 4.07. The minimum Gasteiger partial charge on any atom is -0.352 e. The van der Waals surface area contributed by atoms with Gasteiger partial charge in [-0.1, -0.05) is 42.6 Å². The number of nitrogens with one attached hydrogen (secondary N) is 2. The molecule has 0 spiro atoms. The van der Waals surface area contributed by atoms with Gasteiger partial charge in [0.2, 0.25) is 5.91 Å². The van der Waals surface area contributed by atoms with E-state index in [2.05, 4.69) is 10.6 Å². The fraction of sp³-hybridized carbons (Fsp3) is 0.471. The van der Waals surface area contributed by atoms with Crippen molar-refractivity contribution in [3.05, 3.63) is 33.8 Å². The maximum Gasteiger partial charge on any atom is 0.325 e. The number of hydrogen-bond donors (Lipinski definition) is 2. The highest BCUT2D eigenvalue weighted by molar-refractivity contribution is 6.42. The number of benzene rings is 1. The molecule has 6 nitrogen and oxygen atoms in total. The van der Waals surface area contributed by atoms with Crippen molar-refractivity contribution >= 4 is 41.0 Å². The van der Waals surface area contributed by atoms with Crippen LogP contribution in [0.3, 0.4) is 0 Å². The number of carbonyl (C=O) groups is 3. The number of urea groups is 1. The van der Waals surface area contributed by atoms with E-state index in [9.17, 15) is 14.4 Å². The summed E-state index contributed by atoms with van der Waals surface area (Å²) >= 11 is 11.9. The van der Waals surface area contributed by atoms with Crippen molar-refractivity contribution < 1.29 is 14.4 Å². The highest BCUT2D eigenvalue weighted by Gasteiger charge is 2.49. The van der Waals surface area contributed by atoms with Gasteiger partial charge in [0.15, 0.2) is 0 Å². The molecule has 0 aliphatic carbocycles. The zero-order chi connectivity index (χ0) is 18.8. The van der Waals surface area contributed by atoms with Gasteiger partial charge in [-0.3, -0.25) is 14.5 Å². The molecule has 0 aromatic heterocycles. The van der Waals surface area contributed by atoms with E-state index in [0.29, 0.717) is 10.6 Å². The molecule has 4 amide bonds. The van der Waals surface area contributed by atoms with Crippen LogP contribution < -0.4 is 10.6 Å². The smallest absolute Gasteiger partial charge is 0.325 e. The van der Waals surface area contributed by atoms with Crippen LogP contribution in [0.1, 0.15) is 39.2 Å². The van der Waals surface area contributed by atoms with Gasteiger partial charge in [-0.25, -0.2) is 4.79 Å². The first-order chi connectivity index (χ1) is 11.7. The molecule has 1 heterocycles. The molecule has 1 fully saturated rings. The topological polar surface area (TPSA) is 78.5 Å². The van der Waals surface area contributed by atoms with Crippen molar-refractivity contribution in [2.24, 2.45) is 0 Å². The van der Waals surface area contributed by atoms with Crippen LogP contribution in [0, 0.1) is 0 Å². The summed E-state index contributed by atoms with van der Waals surface area (Å²) in [5, 5.41) is 6.05. The molecule has 1 aliphatic rings. The summed E-state index contributed by atoms with van der Waals surface area (Å²) in [5.74, 6) is -0.878. The van der Waals surface area contributed by atoms with Crippen LogP contribution in [-0.2, 0) is 15.1 Å². The molecular weight excluding hydrogens is 365 g/mol. The largest absolute Gasteiger partial charge is 0.352 e. The third-order valence-electron chi connectivity index (χ3n) is 4.20. The van der Waals surface area contributed by atoms with E-state index in [1.54, 1.807) is 19.1 Å². The first-order valence-electron chi connectivity index (χ1n) is 8.08. The normalized spacial score (nSPS) is 21.2. The summed E-state index contributed by atoms with van der Waals surface area (Å²) in [7, 11) is 0. The molecule has 2 unspecified atom stereocenters. The Morgan fingerprint density at radius 3 is 2.60 bits per heavy atom. The second kappa shape index (κ2) is 7.62. The van der Waals surface area contributed by atoms with Crippen LogP contribution in [0.5, 0.6) is 0 Å². The van der Waals surface area contributed by atoms with Crippen LogP contribution in [-0.4, -0.2) is 35.3 Å². The van der Waals surface area contributed by atoms with Crippen molar-refractivity contribution in [1.29, 1.82) is 0 Å². The second-order valence-corrected chi connectivity index (χ2v) is 7.15. The van der Waals surface area contributed by atoms with E-state index in [0.717, 1.165) is 17.7 Å². The van der Waals surface area contributed by atoms with Crippen LogP contribution in [0.4, 0.5) is 4.79 Å². The summed E-state index contributed by atoms with van der Waals surface area (Å²) in [6.45, 7) is 5.15. The molecule has 2 N–H and O–H groups in total. The van der Waals surface area contributed by atoms with Crippen molar-refractivity contribution in [2.75, 3.05) is 6.54 Å². The van der Waals surface area contributed by atoms with Crippen LogP contribution in [0.25, 0.3) is 0 Å². The Balaban J connectivity index is 2.16. The molecule has 8 heteroatoms. The van der Waals surface area contributed by atoms with Gasteiger partial charge in [0.1, 0.15) is 12.1 Å². The van der Waals surface area contributed by atoms with Crippen molar-refractivity contribution in [2.45, 2.75) is 45.2 Å². The van der Waals surface area contributed by atoms with E-state index < -0.39 is 17.5 Å². The molecule has 25 heavy (non-hydrogen) atoms. The van der Waals surface area contributed by atoms with Gasteiger partial charge in [-0.15, -0.1) is 0 Å². The highest BCUT2D eigenvalue weighted by Crippen LogP contribution is 2.32. The Kier molecular flexibility index (Phi) is 5.95. The van der Waals surface area contributed by atoms with Gasteiger partial charge in [-0.05, 0) is 38.0 Å². The molecule has 1 aliphatic heterocycles. The van der Waals surface area contributed by atoms with E-state index in [4.69, 9.17) is 23.2 Å². The maximum atomic E-state index is 12.8. The second-order valence-electron chi connectivity index (χ2n) is 6.33. The van der Waals surface area contributed by atoms with E-state index >= 15 is 0 Å². The molecule has 2 atom stereocenters. The van der Waals surface area contributed by atoms with Gasteiger partial charge >= 0.3 is 6.03 Å². The number of imide groups is 1. The fourth-order valence-electron chi connectivity index (χ4n) is 2.81. The molecule has 1 aromatic rings. The van der Waals surface area contributed by atoms with Crippen molar-refractivity contribution in [3.63, 3.8) is 0 Å². The molecule has 1 saturated heterocycles. The van der Waals surface area contributed by atoms with Crippen molar-refractivity contribution in [1.82, 2.24) is 15.5 Å². The van der Waals surface area contributed by atoms with Gasteiger partial charge in [0.25, 0.3) is 5.91 Å². The average molecular weight is 386 g/mol. The quantitative estimate of drug-likeness (QED) is 0.738. The minimum atomic E-state index is -1.29. The van der Waals surface area contributed by atoms with E-state index in [-0.39, 0.29) is 23.5 Å². The standard InChI is InChI=1S/C17H21Cl2N3O3/c1-4-5-10(2)20-14(23)9-22-15(24)17(3,21-16(22)25)11-6-7-12(18)13(19)8-11/h6-8,10H,4-5,9H2,1-3H3,(H,20,23)(H,21,25). The minimum absolute atomic E-state index is 0.0141. The summed E-state index contributed by atoms with van der Waals surface area (Å²) in [4.78, 5) is 38.0. The molecule has 2 rings (SSSR count). The monoisotopic (exact) mass is 385 g/mol. The Morgan fingerprint density at radius 2 is 2.00 bits per heavy atom. The number of rotatable bonds is 6. The molecule has 0 bridgehead atoms. The molecular formula is C17H21Cl2N3O3. The number of carbonyl (C=O) groups excluding carboxylic acids is 3. The Morgan fingerprint density at radius 1 is 1.32 bits per heavy atom. The third-order valence-corrected chi connectivity index (χ3v) is 4.94. The maximum absolute atomic E-state index is 12.8. The summed E-state index contributed by atoms with van der Waals surface area (Å²) in [6, 6.07) is 4.09. The Bertz CT molecular complexity index is 710. The molecule has 0 radical (unpaired) electrons. The lowest BCUT2D eigenvalue weighted by Crippen LogP contribution is -2.45. The molecule has 1 aromatic carbocycles. The summed E-state index contributed by atoms with van der Waals surface area (Å²) in [6.07, 6.45) is 1.76. The summed E-state index contributed by atoms with van der Waals surface area (Å²) in [5.41, 5.74) is -0.789. The van der Waals surface area contributed by atoms with Gasteiger partial charge in [-0.2, -0.15) is 0 Å². The Labute approximate surface area is 156 Å². The number of amides is 4. The lowest BCUT2D eigenvalue weighted by molar-refractivity contribution is -0.135. The lowest BCUT2D eigenvalue weighted by Gasteiger charge is -2.22. The zero-order valence-electron chi connectivity index (χ0n) is 14.4. The summed E-state index contributed by atoms with van der Waals surface area (Å²) < 4.78 is 0. The van der Waals surface area contributed by atoms with E-state index in [1.165, 1.54) is 6.07 Å². The first-order valence-corrected chi connectivity index (χ1v) is 8.83. The van der Waals surface area contributed by atoms with Crippen LogP contribution >= 0.6 is 23.2 Å². The zero-order valence-corrected chi connectivity index (χ0v) is 15.9. The molecule has 0 saturated carbocycles. The number of hydrogen-bond acceptors (Lipinski definition) is 3. The first kappa shape index (κ1) is 19.5. The SMILES string of the molecule is CCCC(C)NC(=O)CN1C(=O)NC(C)(c2ccc(Cl)c(Cl)c2)C1=O. The predicted molar refractivity (Wildman–Crippen MR) is 96.6 cm³/mol. The van der Waals surface area contributed by atoms with E-state index in [1.807, 2.05) is 13.8 Å². The van der Waals surface area contributed by atoms with Crippen LogP contribution in [0.15, 0.2) is 18.2 Å². The average Bonchev–Trinajstić information content (AvgIpc) is 2.74. The van der Waals surface area contributed by atoms with Gasteiger partial charge in [0.05, 0.1) is 10.0 Å². The predicted octanol–water partition coefficient (Wildman–Crippen LogP) is 3.07. The number of halogens is 2.